The van der Waals surface area contributed by atoms with Crippen molar-refractivity contribution >= 4 is 11.6 Å². The Kier molecular flexibility index (Phi) is 4.95. The van der Waals surface area contributed by atoms with Crippen LogP contribution in [0.4, 0.5) is 5.69 Å². The third-order valence-electron chi connectivity index (χ3n) is 3.26. The standard InChI is InChI=1S/C17H20N2O2/c1-3-18-12(2)13-6-4-8-15(10-13)19-17(21)14-7-5-9-16(20)11-14/h4-12,18,20H,3H2,1-2H3,(H,19,21). The van der Waals surface area contributed by atoms with Crippen LogP contribution in [0.3, 0.4) is 0 Å². The molecule has 4 nitrogen and oxygen atoms in total. The number of hydrogen-bond donors (Lipinski definition) is 3. The molecule has 21 heavy (non-hydrogen) atoms. The fraction of sp³-hybridized carbons (Fsp3) is 0.235. The second-order valence-corrected chi connectivity index (χ2v) is 4.91. The predicted molar refractivity (Wildman–Crippen MR) is 84.6 cm³/mol. The molecule has 110 valence electrons. The lowest BCUT2D eigenvalue weighted by atomic mass is 10.1. The summed E-state index contributed by atoms with van der Waals surface area (Å²) in [6.07, 6.45) is 0. The lowest BCUT2D eigenvalue weighted by molar-refractivity contribution is 0.102. The Balaban J connectivity index is 2.12. The maximum Gasteiger partial charge on any atom is 0.255 e. The number of phenols is 1. The zero-order chi connectivity index (χ0) is 15.2. The van der Waals surface area contributed by atoms with Gasteiger partial charge in [0.1, 0.15) is 5.75 Å². The Hall–Kier alpha value is -2.33. The lowest BCUT2D eigenvalue weighted by Gasteiger charge is -2.14. The van der Waals surface area contributed by atoms with Gasteiger partial charge < -0.3 is 15.7 Å². The Labute approximate surface area is 124 Å². The average molecular weight is 284 g/mol. The monoisotopic (exact) mass is 284 g/mol. The van der Waals surface area contributed by atoms with Gasteiger partial charge in [-0.15, -0.1) is 0 Å². The van der Waals surface area contributed by atoms with Crippen LogP contribution in [0.1, 0.15) is 35.8 Å². The molecule has 0 heterocycles. The van der Waals surface area contributed by atoms with Crippen molar-refractivity contribution in [2.75, 3.05) is 11.9 Å². The van der Waals surface area contributed by atoms with Gasteiger partial charge in [0, 0.05) is 17.3 Å². The van der Waals surface area contributed by atoms with E-state index in [1.165, 1.54) is 12.1 Å². The fourth-order valence-corrected chi connectivity index (χ4v) is 2.16. The van der Waals surface area contributed by atoms with E-state index in [1.807, 2.05) is 24.3 Å². The highest BCUT2D eigenvalue weighted by molar-refractivity contribution is 6.04. The molecule has 1 atom stereocenters. The summed E-state index contributed by atoms with van der Waals surface area (Å²) < 4.78 is 0. The van der Waals surface area contributed by atoms with E-state index in [2.05, 4.69) is 24.5 Å². The zero-order valence-corrected chi connectivity index (χ0v) is 12.3. The minimum atomic E-state index is -0.237. The Morgan fingerprint density at radius 3 is 2.67 bits per heavy atom. The molecular formula is C17H20N2O2. The van der Waals surface area contributed by atoms with E-state index in [0.717, 1.165) is 17.8 Å². The predicted octanol–water partition coefficient (Wildman–Crippen LogP) is 3.32. The van der Waals surface area contributed by atoms with Gasteiger partial charge in [0.15, 0.2) is 0 Å². The van der Waals surface area contributed by atoms with Gasteiger partial charge in [-0.05, 0) is 49.4 Å². The normalized spacial score (nSPS) is 11.9. The molecule has 0 aliphatic rings. The third kappa shape index (κ3) is 4.07. The van der Waals surface area contributed by atoms with Crippen LogP contribution in [0.25, 0.3) is 0 Å². The van der Waals surface area contributed by atoms with Gasteiger partial charge in [-0.25, -0.2) is 0 Å². The van der Waals surface area contributed by atoms with Gasteiger partial charge in [-0.3, -0.25) is 4.79 Å². The van der Waals surface area contributed by atoms with Crippen molar-refractivity contribution in [2.24, 2.45) is 0 Å². The third-order valence-corrected chi connectivity index (χ3v) is 3.26. The molecule has 1 unspecified atom stereocenters. The minimum absolute atomic E-state index is 0.0807. The summed E-state index contributed by atoms with van der Waals surface area (Å²) >= 11 is 0. The maximum absolute atomic E-state index is 12.1. The molecule has 0 radical (unpaired) electrons. The molecule has 2 aromatic rings. The summed E-state index contributed by atoms with van der Waals surface area (Å²) in [4.78, 5) is 12.1. The second-order valence-electron chi connectivity index (χ2n) is 4.91. The number of carbonyl (C=O) groups excluding carboxylic acids is 1. The molecule has 3 N–H and O–H groups in total. The number of phenolic OH excluding ortho intramolecular Hbond substituents is 1. The topological polar surface area (TPSA) is 61.4 Å². The van der Waals surface area contributed by atoms with E-state index in [1.54, 1.807) is 12.1 Å². The lowest BCUT2D eigenvalue weighted by Crippen LogP contribution is -2.18. The highest BCUT2D eigenvalue weighted by atomic mass is 16.3. The van der Waals surface area contributed by atoms with Crippen LogP contribution in [-0.4, -0.2) is 17.6 Å². The quantitative estimate of drug-likeness (QED) is 0.789. The average Bonchev–Trinajstić information content (AvgIpc) is 2.48. The molecule has 0 fully saturated rings. The van der Waals surface area contributed by atoms with Crippen molar-refractivity contribution in [3.8, 4) is 5.75 Å². The molecule has 0 aliphatic carbocycles. The van der Waals surface area contributed by atoms with Gasteiger partial charge in [0.05, 0.1) is 0 Å². The number of rotatable bonds is 5. The van der Waals surface area contributed by atoms with E-state index in [4.69, 9.17) is 0 Å². The summed E-state index contributed by atoms with van der Waals surface area (Å²) in [5, 5.41) is 15.6. The molecule has 2 rings (SSSR count). The summed E-state index contributed by atoms with van der Waals surface area (Å²) in [5.74, 6) is -0.156. The van der Waals surface area contributed by atoms with Crippen molar-refractivity contribution in [2.45, 2.75) is 19.9 Å². The fourth-order valence-electron chi connectivity index (χ4n) is 2.16. The summed E-state index contributed by atoms with van der Waals surface area (Å²) in [6.45, 7) is 5.03. The Bertz CT molecular complexity index is 626. The van der Waals surface area contributed by atoms with Crippen molar-refractivity contribution < 1.29 is 9.90 Å². The SMILES string of the molecule is CCNC(C)c1cccc(NC(=O)c2cccc(O)c2)c1. The zero-order valence-electron chi connectivity index (χ0n) is 12.3. The first-order valence-corrected chi connectivity index (χ1v) is 7.04. The first-order chi connectivity index (χ1) is 10.1. The summed E-state index contributed by atoms with van der Waals surface area (Å²) in [5.41, 5.74) is 2.29. The molecule has 0 spiro atoms. The van der Waals surface area contributed by atoms with Crippen LogP contribution in [-0.2, 0) is 0 Å². The van der Waals surface area contributed by atoms with Crippen molar-refractivity contribution in [1.29, 1.82) is 0 Å². The van der Waals surface area contributed by atoms with Crippen LogP contribution in [0.5, 0.6) is 5.75 Å². The smallest absolute Gasteiger partial charge is 0.255 e. The van der Waals surface area contributed by atoms with Crippen LogP contribution in [0.15, 0.2) is 48.5 Å². The van der Waals surface area contributed by atoms with E-state index in [-0.39, 0.29) is 17.7 Å². The highest BCUT2D eigenvalue weighted by Gasteiger charge is 2.08. The molecule has 0 bridgehead atoms. The van der Waals surface area contributed by atoms with Crippen molar-refractivity contribution in [3.05, 3.63) is 59.7 Å². The number of amides is 1. The number of carbonyl (C=O) groups is 1. The van der Waals surface area contributed by atoms with Gasteiger partial charge in [-0.1, -0.05) is 25.1 Å². The first-order valence-electron chi connectivity index (χ1n) is 7.04. The number of anilines is 1. The van der Waals surface area contributed by atoms with Gasteiger partial charge in [0.2, 0.25) is 0 Å². The van der Waals surface area contributed by atoms with E-state index in [0.29, 0.717) is 5.56 Å². The van der Waals surface area contributed by atoms with Crippen LogP contribution < -0.4 is 10.6 Å². The molecule has 2 aromatic carbocycles. The largest absolute Gasteiger partial charge is 0.508 e. The molecule has 0 saturated carbocycles. The summed E-state index contributed by atoms with van der Waals surface area (Å²) in [6, 6.07) is 14.3. The number of aromatic hydroxyl groups is 1. The van der Waals surface area contributed by atoms with Gasteiger partial charge in [0.25, 0.3) is 5.91 Å². The van der Waals surface area contributed by atoms with E-state index >= 15 is 0 Å². The molecular weight excluding hydrogens is 264 g/mol. The van der Waals surface area contributed by atoms with Crippen LogP contribution in [0.2, 0.25) is 0 Å². The van der Waals surface area contributed by atoms with E-state index < -0.39 is 0 Å². The second kappa shape index (κ2) is 6.90. The number of hydrogen-bond acceptors (Lipinski definition) is 3. The molecule has 1 amide bonds. The number of benzene rings is 2. The first kappa shape index (κ1) is 15.1. The van der Waals surface area contributed by atoms with E-state index in [9.17, 15) is 9.90 Å². The van der Waals surface area contributed by atoms with Gasteiger partial charge in [-0.2, -0.15) is 0 Å². The van der Waals surface area contributed by atoms with Crippen LogP contribution >= 0.6 is 0 Å². The Morgan fingerprint density at radius 1 is 1.19 bits per heavy atom. The van der Waals surface area contributed by atoms with Crippen molar-refractivity contribution in [3.63, 3.8) is 0 Å². The maximum atomic E-state index is 12.1. The summed E-state index contributed by atoms with van der Waals surface area (Å²) in [7, 11) is 0. The molecule has 4 heteroatoms. The number of nitrogens with one attached hydrogen (secondary N) is 2. The minimum Gasteiger partial charge on any atom is -0.508 e. The van der Waals surface area contributed by atoms with Crippen molar-refractivity contribution in [1.82, 2.24) is 5.32 Å². The Morgan fingerprint density at radius 2 is 1.95 bits per heavy atom. The molecule has 0 aliphatic heterocycles. The molecule has 0 saturated heterocycles. The molecule has 0 aromatic heterocycles. The van der Waals surface area contributed by atoms with Gasteiger partial charge >= 0.3 is 0 Å². The highest BCUT2D eigenvalue weighted by Crippen LogP contribution is 2.18. The van der Waals surface area contributed by atoms with Crippen LogP contribution in [0, 0.1) is 0 Å².